The van der Waals surface area contributed by atoms with Crippen molar-refractivity contribution in [3.05, 3.63) is 63.1 Å². The molecule has 0 saturated carbocycles. The second-order valence-electron chi connectivity index (χ2n) is 5.11. The molecule has 0 bridgehead atoms. The summed E-state index contributed by atoms with van der Waals surface area (Å²) in [7, 11) is -4.08. The van der Waals surface area contributed by atoms with E-state index in [1.165, 1.54) is 18.2 Å². The summed E-state index contributed by atoms with van der Waals surface area (Å²) in [5.41, 5.74) is -0.191. The molecule has 6 nitrogen and oxygen atoms in total. The van der Waals surface area contributed by atoms with Crippen LogP contribution < -0.4 is 4.72 Å². The average molecular weight is 483 g/mol. The van der Waals surface area contributed by atoms with Gasteiger partial charge in [0.25, 0.3) is 0 Å². The van der Waals surface area contributed by atoms with Gasteiger partial charge in [-0.15, -0.1) is 0 Å². The van der Waals surface area contributed by atoms with Crippen LogP contribution in [-0.4, -0.2) is 33.3 Å². The van der Waals surface area contributed by atoms with Gasteiger partial charge < -0.3 is 4.74 Å². The fraction of sp³-hybridized carbons (Fsp3) is 0.125. The molecule has 0 heterocycles. The number of rotatable bonds is 7. The number of ether oxygens (including phenoxy) is 1. The normalized spacial score (nSPS) is 11.3. The number of halogens is 4. The van der Waals surface area contributed by atoms with Crippen LogP contribution in [0.15, 0.2) is 45.8 Å². The largest absolute Gasteiger partial charge is 0.456 e. The summed E-state index contributed by atoms with van der Waals surface area (Å²) < 4.78 is 57.4. The standard InChI is InChI=1S/C16H11BrClF2NO5S/c17-10-2-4-15(11(18)6-10)27(24,25)21-7-16(23)26-8-14(22)9-1-3-12(19)13(20)5-9/h1-6,21H,7-8H2. The van der Waals surface area contributed by atoms with E-state index in [1.54, 1.807) is 0 Å². The molecule has 11 heteroatoms. The molecule has 27 heavy (non-hydrogen) atoms. The Morgan fingerprint density at radius 1 is 1.11 bits per heavy atom. The number of benzene rings is 2. The molecule has 144 valence electrons. The van der Waals surface area contributed by atoms with Gasteiger partial charge in [-0.25, -0.2) is 17.2 Å². The van der Waals surface area contributed by atoms with Gasteiger partial charge in [-0.2, -0.15) is 4.72 Å². The van der Waals surface area contributed by atoms with Gasteiger partial charge in [0, 0.05) is 10.0 Å². The number of hydrogen-bond donors (Lipinski definition) is 1. The number of hydrogen-bond acceptors (Lipinski definition) is 5. The summed E-state index contributed by atoms with van der Waals surface area (Å²) in [5.74, 6) is -4.15. The van der Waals surface area contributed by atoms with Crippen LogP contribution in [-0.2, 0) is 19.6 Å². The number of carbonyl (C=O) groups excluding carboxylic acids is 2. The van der Waals surface area contributed by atoms with E-state index in [9.17, 15) is 26.8 Å². The third-order valence-corrected chi connectivity index (χ3v) is 5.57. The fourth-order valence-corrected chi connectivity index (χ4v) is 3.88. The zero-order chi connectivity index (χ0) is 20.2. The lowest BCUT2D eigenvalue weighted by Crippen LogP contribution is -2.31. The Bertz CT molecular complexity index is 1000. The van der Waals surface area contributed by atoms with Gasteiger partial charge >= 0.3 is 5.97 Å². The average Bonchev–Trinajstić information content (AvgIpc) is 2.60. The van der Waals surface area contributed by atoms with Gasteiger partial charge in [-0.05, 0) is 36.4 Å². The Balaban J connectivity index is 1.92. The fourth-order valence-electron chi connectivity index (χ4n) is 1.87. The maximum Gasteiger partial charge on any atom is 0.321 e. The maximum atomic E-state index is 13.1. The monoisotopic (exact) mass is 481 g/mol. The van der Waals surface area contributed by atoms with Crippen LogP contribution in [0.3, 0.4) is 0 Å². The molecule has 0 amide bonds. The highest BCUT2D eigenvalue weighted by Gasteiger charge is 2.20. The van der Waals surface area contributed by atoms with Crippen molar-refractivity contribution in [1.29, 1.82) is 0 Å². The summed E-state index contributed by atoms with van der Waals surface area (Å²) in [5, 5.41) is -0.0567. The molecule has 2 rings (SSSR count). The molecule has 0 spiro atoms. The van der Waals surface area contributed by atoms with Crippen LogP contribution in [0, 0.1) is 11.6 Å². The predicted octanol–water partition coefficient (Wildman–Crippen LogP) is 3.09. The van der Waals surface area contributed by atoms with Crippen molar-refractivity contribution < 1.29 is 31.5 Å². The predicted molar refractivity (Wildman–Crippen MR) is 96.0 cm³/mol. The second kappa shape index (κ2) is 8.87. The number of carbonyl (C=O) groups is 2. The SMILES string of the molecule is O=C(CNS(=O)(=O)c1ccc(Br)cc1Cl)OCC(=O)c1ccc(F)c(F)c1. The Morgan fingerprint density at radius 3 is 2.44 bits per heavy atom. The molecular formula is C16H11BrClF2NO5S. The number of esters is 1. The lowest BCUT2D eigenvalue weighted by atomic mass is 10.1. The zero-order valence-corrected chi connectivity index (χ0v) is 16.5. The summed E-state index contributed by atoms with van der Waals surface area (Å²) in [6.07, 6.45) is 0. The molecule has 0 atom stereocenters. The van der Waals surface area contributed by atoms with Crippen LogP contribution in [0.25, 0.3) is 0 Å². The Kier molecular flexibility index (Phi) is 7.04. The molecule has 1 N–H and O–H groups in total. The van der Waals surface area contributed by atoms with E-state index in [4.69, 9.17) is 11.6 Å². The molecule has 0 aromatic heterocycles. The summed E-state index contributed by atoms with van der Waals surface area (Å²) >= 11 is 8.99. The molecule has 0 aliphatic rings. The third-order valence-electron chi connectivity index (χ3n) is 3.20. The lowest BCUT2D eigenvalue weighted by Gasteiger charge is -2.09. The molecule has 0 aliphatic heterocycles. The molecule has 0 aliphatic carbocycles. The number of Topliss-reactive ketones (excluding diaryl/α,β-unsaturated/α-hetero) is 1. The molecule has 0 saturated heterocycles. The van der Waals surface area contributed by atoms with Crippen LogP contribution in [0.5, 0.6) is 0 Å². The highest BCUT2D eigenvalue weighted by molar-refractivity contribution is 9.10. The van der Waals surface area contributed by atoms with E-state index in [0.29, 0.717) is 10.5 Å². The highest BCUT2D eigenvalue weighted by Crippen LogP contribution is 2.24. The number of sulfonamides is 1. The summed E-state index contributed by atoms with van der Waals surface area (Å²) in [6, 6.07) is 6.54. The second-order valence-corrected chi connectivity index (χ2v) is 8.17. The smallest absolute Gasteiger partial charge is 0.321 e. The minimum atomic E-state index is -4.08. The van der Waals surface area contributed by atoms with Crippen molar-refractivity contribution in [3.8, 4) is 0 Å². The van der Waals surface area contributed by atoms with Crippen molar-refractivity contribution in [2.45, 2.75) is 4.90 Å². The van der Waals surface area contributed by atoms with E-state index in [0.717, 1.165) is 12.1 Å². The summed E-state index contributed by atoms with van der Waals surface area (Å²) in [4.78, 5) is 23.2. The molecule has 0 fully saturated rings. The minimum Gasteiger partial charge on any atom is -0.456 e. The Labute approximate surface area is 166 Å². The number of nitrogens with one attached hydrogen (secondary N) is 1. The van der Waals surface area contributed by atoms with Gasteiger partial charge in [0.2, 0.25) is 10.0 Å². The minimum absolute atomic E-state index is 0.0567. The highest BCUT2D eigenvalue weighted by atomic mass is 79.9. The van der Waals surface area contributed by atoms with Gasteiger partial charge in [-0.3, -0.25) is 9.59 Å². The first-order valence-corrected chi connectivity index (χ1v) is 9.84. The van der Waals surface area contributed by atoms with Crippen LogP contribution in [0.4, 0.5) is 8.78 Å². The molecule has 2 aromatic carbocycles. The van der Waals surface area contributed by atoms with Crippen molar-refractivity contribution in [1.82, 2.24) is 4.72 Å². The third kappa shape index (κ3) is 5.80. The van der Waals surface area contributed by atoms with Crippen LogP contribution in [0.2, 0.25) is 5.02 Å². The quantitative estimate of drug-likeness (QED) is 0.484. The first kappa shape index (κ1) is 21.4. The van der Waals surface area contributed by atoms with E-state index in [1.807, 2.05) is 4.72 Å². The van der Waals surface area contributed by atoms with Gasteiger partial charge in [-0.1, -0.05) is 27.5 Å². The Hall–Kier alpha value is -1.88. The lowest BCUT2D eigenvalue weighted by molar-refractivity contribution is -0.141. The molecular weight excluding hydrogens is 472 g/mol. The molecule has 2 aromatic rings. The summed E-state index contributed by atoms with van der Waals surface area (Å²) in [6.45, 7) is -1.51. The van der Waals surface area contributed by atoms with Crippen LogP contribution in [0.1, 0.15) is 10.4 Å². The first-order chi connectivity index (χ1) is 12.6. The van der Waals surface area contributed by atoms with Crippen molar-refractivity contribution in [2.24, 2.45) is 0 Å². The van der Waals surface area contributed by atoms with E-state index in [2.05, 4.69) is 20.7 Å². The first-order valence-electron chi connectivity index (χ1n) is 7.19. The van der Waals surface area contributed by atoms with Crippen molar-refractivity contribution in [2.75, 3.05) is 13.2 Å². The van der Waals surface area contributed by atoms with Gasteiger partial charge in [0.1, 0.15) is 11.4 Å². The maximum absolute atomic E-state index is 13.1. The Morgan fingerprint density at radius 2 is 1.81 bits per heavy atom. The van der Waals surface area contributed by atoms with Crippen molar-refractivity contribution in [3.63, 3.8) is 0 Å². The van der Waals surface area contributed by atoms with E-state index < -0.39 is 46.6 Å². The molecule has 0 radical (unpaired) electrons. The van der Waals surface area contributed by atoms with E-state index >= 15 is 0 Å². The molecule has 0 unspecified atom stereocenters. The number of ketones is 1. The zero-order valence-electron chi connectivity index (χ0n) is 13.3. The van der Waals surface area contributed by atoms with Crippen molar-refractivity contribution >= 4 is 49.3 Å². The topological polar surface area (TPSA) is 89.5 Å². The van der Waals surface area contributed by atoms with Gasteiger partial charge in [0.05, 0.1) is 5.02 Å². The van der Waals surface area contributed by atoms with E-state index in [-0.39, 0.29) is 15.5 Å². The van der Waals surface area contributed by atoms with Gasteiger partial charge in [0.15, 0.2) is 24.0 Å². The van der Waals surface area contributed by atoms with Crippen LogP contribution >= 0.6 is 27.5 Å².